The summed E-state index contributed by atoms with van der Waals surface area (Å²) in [6, 6.07) is 9.11. The molecule has 0 bridgehead atoms. The van der Waals surface area contributed by atoms with E-state index in [1.807, 2.05) is 43.6 Å². The largest absolute Gasteiger partial charge is 0.354 e. The van der Waals surface area contributed by atoms with E-state index in [2.05, 4.69) is 10.4 Å². The number of benzene rings is 1. The van der Waals surface area contributed by atoms with Crippen molar-refractivity contribution in [3.05, 3.63) is 53.9 Å². The zero-order valence-corrected chi connectivity index (χ0v) is 15.1. The SMILES string of the molecule is CN1C(=O)CCC(C(=O)NCC(N)c2ccccc2)C1c1cnn(C)c1. The lowest BCUT2D eigenvalue weighted by molar-refractivity contribution is -0.141. The maximum Gasteiger partial charge on any atom is 0.225 e. The van der Waals surface area contributed by atoms with Crippen molar-refractivity contribution in [2.24, 2.45) is 18.7 Å². The van der Waals surface area contributed by atoms with Gasteiger partial charge in [0.05, 0.1) is 18.2 Å². The molecular weight excluding hydrogens is 330 g/mol. The van der Waals surface area contributed by atoms with Crippen molar-refractivity contribution in [1.29, 1.82) is 0 Å². The van der Waals surface area contributed by atoms with E-state index in [-0.39, 0.29) is 29.8 Å². The zero-order chi connectivity index (χ0) is 18.7. The summed E-state index contributed by atoms with van der Waals surface area (Å²) in [6.45, 7) is 0.358. The number of aromatic nitrogens is 2. The molecule has 1 aromatic heterocycles. The quantitative estimate of drug-likeness (QED) is 0.841. The van der Waals surface area contributed by atoms with Crippen LogP contribution in [0.25, 0.3) is 0 Å². The van der Waals surface area contributed by atoms with Crippen molar-refractivity contribution < 1.29 is 9.59 Å². The highest BCUT2D eigenvalue weighted by Gasteiger charge is 2.39. The van der Waals surface area contributed by atoms with Crippen LogP contribution in [0.1, 0.15) is 36.1 Å². The lowest BCUT2D eigenvalue weighted by Crippen LogP contribution is -2.47. The van der Waals surface area contributed by atoms with Gasteiger partial charge in [0.25, 0.3) is 0 Å². The fraction of sp³-hybridized carbons (Fsp3) is 0.421. The highest BCUT2D eigenvalue weighted by molar-refractivity contribution is 5.84. The number of piperidine rings is 1. The van der Waals surface area contributed by atoms with Crippen molar-refractivity contribution in [2.45, 2.75) is 24.9 Å². The molecule has 2 heterocycles. The number of rotatable bonds is 5. The van der Waals surface area contributed by atoms with Crippen LogP contribution < -0.4 is 11.1 Å². The van der Waals surface area contributed by atoms with E-state index < -0.39 is 0 Å². The maximum absolute atomic E-state index is 12.8. The van der Waals surface area contributed by atoms with Gasteiger partial charge in [-0.05, 0) is 12.0 Å². The average molecular weight is 355 g/mol. The summed E-state index contributed by atoms with van der Waals surface area (Å²) < 4.78 is 1.68. The number of nitrogens with two attached hydrogens (primary N) is 1. The van der Waals surface area contributed by atoms with Gasteiger partial charge < -0.3 is 16.0 Å². The number of carbonyl (C=O) groups excluding carboxylic acids is 2. The Kier molecular flexibility index (Phi) is 5.37. The standard InChI is InChI=1S/C19H25N5O2/c1-23-12-14(10-22-23)18-15(8-9-17(25)24(18)2)19(26)21-11-16(20)13-6-4-3-5-7-13/h3-7,10,12,15-16,18H,8-9,11,20H2,1-2H3,(H,21,26). The molecule has 3 N–H and O–H groups in total. The Hall–Kier alpha value is -2.67. The normalized spacial score (nSPS) is 21.5. The molecule has 0 saturated carbocycles. The summed E-state index contributed by atoms with van der Waals surface area (Å²) in [5, 5.41) is 7.15. The summed E-state index contributed by atoms with van der Waals surface area (Å²) in [6.07, 6.45) is 4.47. The molecule has 0 radical (unpaired) electrons. The van der Waals surface area contributed by atoms with E-state index in [4.69, 9.17) is 5.73 Å². The molecular formula is C19H25N5O2. The van der Waals surface area contributed by atoms with Crippen LogP contribution in [0.5, 0.6) is 0 Å². The number of carbonyl (C=O) groups is 2. The van der Waals surface area contributed by atoms with Crippen LogP contribution in [-0.2, 0) is 16.6 Å². The summed E-state index contributed by atoms with van der Waals surface area (Å²) in [5.74, 6) is -0.349. The monoisotopic (exact) mass is 355 g/mol. The fourth-order valence-corrected chi connectivity index (χ4v) is 3.52. The van der Waals surface area contributed by atoms with E-state index in [1.54, 1.807) is 22.8 Å². The van der Waals surface area contributed by atoms with Gasteiger partial charge in [-0.3, -0.25) is 14.3 Å². The number of nitrogens with zero attached hydrogens (tertiary/aromatic N) is 3. The lowest BCUT2D eigenvalue weighted by atomic mass is 9.85. The van der Waals surface area contributed by atoms with E-state index in [9.17, 15) is 9.59 Å². The van der Waals surface area contributed by atoms with Gasteiger partial charge in [-0.1, -0.05) is 30.3 Å². The second kappa shape index (κ2) is 7.70. The van der Waals surface area contributed by atoms with Gasteiger partial charge in [-0.25, -0.2) is 0 Å². The Bertz CT molecular complexity index is 773. The Morgan fingerprint density at radius 3 is 2.73 bits per heavy atom. The molecule has 26 heavy (non-hydrogen) atoms. The summed E-state index contributed by atoms with van der Waals surface area (Å²) in [5.41, 5.74) is 8.03. The first-order chi connectivity index (χ1) is 12.5. The van der Waals surface area contributed by atoms with Crippen LogP contribution in [0, 0.1) is 5.92 Å². The molecule has 3 rings (SSSR count). The Labute approximate surface area is 153 Å². The third-order valence-electron chi connectivity index (χ3n) is 4.99. The predicted molar refractivity (Wildman–Crippen MR) is 97.8 cm³/mol. The Balaban J connectivity index is 1.71. The number of amides is 2. The van der Waals surface area contributed by atoms with E-state index in [0.717, 1.165) is 11.1 Å². The van der Waals surface area contributed by atoms with Gasteiger partial charge in [-0.2, -0.15) is 5.10 Å². The van der Waals surface area contributed by atoms with Crippen LogP contribution in [0.3, 0.4) is 0 Å². The van der Waals surface area contributed by atoms with Gasteiger partial charge >= 0.3 is 0 Å². The molecule has 0 aliphatic carbocycles. The first kappa shape index (κ1) is 18.1. The smallest absolute Gasteiger partial charge is 0.225 e. The van der Waals surface area contributed by atoms with Crippen LogP contribution in [0.2, 0.25) is 0 Å². The van der Waals surface area contributed by atoms with E-state index in [1.165, 1.54) is 0 Å². The van der Waals surface area contributed by atoms with Crippen LogP contribution in [0.4, 0.5) is 0 Å². The summed E-state index contributed by atoms with van der Waals surface area (Å²) in [7, 11) is 3.57. The minimum Gasteiger partial charge on any atom is -0.354 e. The molecule has 7 heteroatoms. The van der Waals surface area contributed by atoms with Crippen molar-refractivity contribution in [3.8, 4) is 0 Å². The molecule has 1 aliphatic heterocycles. The molecule has 2 aromatic rings. The number of likely N-dealkylation sites (tertiary alicyclic amines) is 1. The first-order valence-corrected chi connectivity index (χ1v) is 8.80. The van der Waals surface area contributed by atoms with Gasteiger partial charge in [0, 0.05) is 44.9 Å². The first-order valence-electron chi connectivity index (χ1n) is 8.80. The zero-order valence-electron chi connectivity index (χ0n) is 15.1. The van der Waals surface area contributed by atoms with Gasteiger partial charge in [0.2, 0.25) is 11.8 Å². The topological polar surface area (TPSA) is 93.2 Å². The molecule has 1 aromatic carbocycles. The Morgan fingerprint density at radius 1 is 1.35 bits per heavy atom. The van der Waals surface area contributed by atoms with E-state index >= 15 is 0 Å². The van der Waals surface area contributed by atoms with Crippen molar-refractivity contribution >= 4 is 11.8 Å². The highest BCUT2D eigenvalue weighted by atomic mass is 16.2. The molecule has 1 saturated heterocycles. The fourth-order valence-electron chi connectivity index (χ4n) is 3.52. The number of nitrogens with one attached hydrogen (secondary N) is 1. The van der Waals surface area contributed by atoms with Gasteiger partial charge in [0.1, 0.15) is 0 Å². The van der Waals surface area contributed by atoms with Crippen molar-refractivity contribution in [3.63, 3.8) is 0 Å². The third-order valence-corrected chi connectivity index (χ3v) is 4.99. The van der Waals surface area contributed by atoms with E-state index in [0.29, 0.717) is 19.4 Å². The molecule has 1 aliphatic rings. The molecule has 3 unspecified atom stereocenters. The minimum atomic E-state index is -0.315. The van der Waals surface area contributed by atoms with Gasteiger partial charge in [0.15, 0.2) is 0 Å². The van der Waals surface area contributed by atoms with Crippen LogP contribution >= 0.6 is 0 Å². The summed E-state index contributed by atoms with van der Waals surface area (Å²) >= 11 is 0. The lowest BCUT2D eigenvalue weighted by Gasteiger charge is -2.37. The van der Waals surface area contributed by atoms with Crippen LogP contribution in [0.15, 0.2) is 42.7 Å². The second-order valence-electron chi connectivity index (χ2n) is 6.80. The van der Waals surface area contributed by atoms with Crippen molar-refractivity contribution in [1.82, 2.24) is 20.0 Å². The Morgan fingerprint density at radius 2 is 2.08 bits per heavy atom. The number of hydrogen-bond acceptors (Lipinski definition) is 4. The molecule has 138 valence electrons. The minimum absolute atomic E-state index is 0.0453. The summed E-state index contributed by atoms with van der Waals surface area (Å²) in [4.78, 5) is 26.7. The molecule has 0 spiro atoms. The maximum atomic E-state index is 12.8. The molecule has 3 atom stereocenters. The molecule has 7 nitrogen and oxygen atoms in total. The van der Waals surface area contributed by atoms with Crippen molar-refractivity contribution in [2.75, 3.05) is 13.6 Å². The predicted octanol–water partition coefficient (Wildman–Crippen LogP) is 1.15. The highest BCUT2D eigenvalue weighted by Crippen LogP contribution is 2.35. The van der Waals surface area contributed by atoms with Crippen LogP contribution in [-0.4, -0.2) is 40.1 Å². The average Bonchev–Trinajstić information content (AvgIpc) is 3.08. The number of aryl methyl sites for hydroxylation is 1. The van der Waals surface area contributed by atoms with Gasteiger partial charge in [-0.15, -0.1) is 0 Å². The third kappa shape index (κ3) is 3.77. The molecule has 2 amide bonds. The second-order valence-corrected chi connectivity index (χ2v) is 6.80. The number of hydrogen-bond donors (Lipinski definition) is 2. The molecule has 1 fully saturated rings.